The summed E-state index contributed by atoms with van der Waals surface area (Å²) in [6.45, 7) is 6.24. The molecule has 102 valence electrons. The Morgan fingerprint density at radius 1 is 1.44 bits per heavy atom. The minimum absolute atomic E-state index is 0.0373. The molecule has 4 nitrogen and oxygen atoms in total. The molecule has 0 aromatic heterocycles. The number of hydrogen-bond acceptors (Lipinski definition) is 3. The molecule has 0 spiro atoms. The number of carboxylic acids is 1. The van der Waals surface area contributed by atoms with Crippen molar-refractivity contribution in [3.8, 4) is 0 Å². The number of aliphatic carboxylic acids is 1. The van der Waals surface area contributed by atoms with Gasteiger partial charge in [0.15, 0.2) is 0 Å². The van der Waals surface area contributed by atoms with Gasteiger partial charge in [-0.3, -0.25) is 0 Å². The van der Waals surface area contributed by atoms with Crippen molar-refractivity contribution in [3.05, 3.63) is 11.1 Å². The molecule has 1 fully saturated rings. The molecule has 0 bridgehead atoms. The second kappa shape index (κ2) is 5.41. The summed E-state index contributed by atoms with van der Waals surface area (Å²) < 4.78 is 6.14. The SMILES string of the molecule is CCC1=C(C(=O)O)C[C@H]2N[C@H]2[C@@H]1OC(CC)CC. The Labute approximate surface area is 108 Å². The Morgan fingerprint density at radius 2 is 2.11 bits per heavy atom. The number of ether oxygens (including phenoxy) is 1. The quantitative estimate of drug-likeness (QED) is 0.711. The van der Waals surface area contributed by atoms with Gasteiger partial charge in [0.25, 0.3) is 0 Å². The molecule has 2 N–H and O–H groups in total. The van der Waals surface area contributed by atoms with E-state index >= 15 is 0 Å². The molecule has 0 saturated carbocycles. The van der Waals surface area contributed by atoms with E-state index in [1.165, 1.54) is 0 Å². The number of carboxylic acid groups (broad SMARTS) is 1. The lowest BCUT2D eigenvalue weighted by Crippen LogP contribution is -2.34. The Morgan fingerprint density at radius 3 is 2.61 bits per heavy atom. The van der Waals surface area contributed by atoms with Gasteiger partial charge in [0.2, 0.25) is 0 Å². The molecular formula is C14H23NO3. The molecular weight excluding hydrogens is 230 g/mol. The highest BCUT2D eigenvalue weighted by molar-refractivity contribution is 5.88. The van der Waals surface area contributed by atoms with Crippen LogP contribution in [0.4, 0.5) is 0 Å². The summed E-state index contributed by atoms with van der Waals surface area (Å²) in [7, 11) is 0. The fraction of sp³-hybridized carbons (Fsp3) is 0.786. The van der Waals surface area contributed by atoms with E-state index in [0.717, 1.165) is 24.8 Å². The molecule has 0 aromatic carbocycles. The average molecular weight is 253 g/mol. The number of hydrogen-bond donors (Lipinski definition) is 2. The molecule has 2 aliphatic rings. The van der Waals surface area contributed by atoms with Gasteiger partial charge in [-0.1, -0.05) is 20.8 Å². The Balaban J connectivity index is 2.20. The predicted molar refractivity (Wildman–Crippen MR) is 69.5 cm³/mol. The van der Waals surface area contributed by atoms with Crippen LogP contribution in [0.1, 0.15) is 46.5 Å². The zero-order valence-corrected chi connectivity index (χ0v) is 11.4. The van der Waals surface area contributed by atoms with Crippen LogP contribution in [0.3, 0.4) is 0 Å². The van der Waals surface area contributed by atoms with E-state index in [4.69, 9.17) is 4.74 Å². The van der Waals surface area contributed by atoms with Crippen molar-refractivity contribution in [2.45, 2.75) is 70.7 Å². The summed E-state index contributed by atoms with van der Waals surface area (Å²) >= 11 is 0. The first-order valence-electron chi connectivity index (χ1n) is 6.98. The largest absolute Gasteiger partial charge is 0.478 e. The monoisotopic (exact) mass is 253 g/mol. The third-order valence-electron chi connectivity index (χ3n) is 4.10. The van der Waals surface area contributed by atoms with Crippen LogP contribution < -0.4 is 5.32 Å². The van der Waals surface area contributed by atoms with Gasteiger partial charge in [-0.25, -0.2) is 4.79 Å². The molecule has 1 aliphatic heterocycles. The number of nitrogens with one attached hydrogen (secondary N) is 1. The van der Waals surface area contributed by atoms with Gasteiger partial charge in [0.1, 0.15) is 0 Å². The summed E-state index contributed by atoms with van der Waals surface area (Å²) in [5, 5.41) is 12.7. The van der Waals surface area contributed by atoms with E-state index < -0.39 is 5.97 Å². The summed E-state index contributed by atoms with van der Waals surface area (Å²) in [6.07, 6.45) is 3.55. The van der Waals surface area contributed by atoms with Gasteiger partial charge in [0.05, 0.1) is 18.2 Å². The highest BCUT2D eigenvalue weighted by atomic mass is 16.5. The molecule has 1 aliphatic carbocycles. The maximum atomic E-state index is 11.3. The molecule has 3 atom stereocenters. The number of rotatable bonds is 6. The van der Waals surface area contributed by atoms with E-state index in [-0.39, 0.29) is 12.2 Å². The molecule has 0 radical (unpaired) electrons. The lowest BCUT2D eigenvalue weighted by Gasteiger charge is -2.29. The van der Waals surface area contributed by atoms with Crippen LogP contribution in [0.2, 0.25) is 0 Å². The average Bonchev–Trinajstić information content (AvgIpc) is 3.13. The van der Waals surface area contributed by atoms with Crippen LogP contribution in [-0.2, 0) is 9.53 Å². The molecule has 0 unspecified atom stereocenters. The molecule has 0 aromatic rings. The zero-order valence-electron chi connectivity index (χ0n) is 11.4. The molecule has 1 heterocycles. The van der Waals surface area contributed by atoms with E-state index in [1.54, 1.807) is 0 Å². The van der Waals surface area contributed by atoms with Crippen LogP contribution >= 0.6 is 0 Å². The third kappa shape index (κ3) is 2.45. The van der Waals surface area contributed by atoms with Gasteiger partial charge >= 0.3 is 5.97 Å². The summed E-state index contributed by atoms with van der Waals surface area (Å²) in [6, 6.07) is 0.648. The Hall–Kier alpha value is -0.870. The van der Waals surface area contributed by atoms with Crippen LogP contribution in [0.5, 0.6) is 0 Å². The lowest BCUT2D eigenvalue weighted by atomic mass is 9.87. The van der Waals surface area contributed by atoms with Gasteiger partial charge in [-0.2, -0.15) is 0 Å². The van der Waals surface area contributed by atoms with Crippen molar-refractivity contribution in [3.63, 3.8) is 0 Å². The van der Waals surface area contributed by atoms with E-state index in [1.807, 2.05) is 6.92 Å². The lowest BCUT2D eigenvalue weighted by molar-refractivity contribution is -0.133. The second-order valence-corrected chi connectivity index (χ2v) is 5.16. The predicted octanol–water partition coefficient (Wildman–Crippen LogP) is 2.10. The molecule has 0 amide bonds. The zero-order chi connectivity index (χ0) is 13.3. The van der Waals surface area contributed by atoms with Gasteiger partial charge < -0.3 is 15.2 Å². The molecule has 2 rings (SSSR count). The molecule has 4 heteroatoms. The first-order valence-corrected chi connectivity index (χ1v) is 6.98. The van der Waals surface area contributed by atoms with Crippen molar-refractivity contribution in [2.24, 2.45) is 0 Å². The van der Waals surface area contributed by atoms with Crippen molar-refractivity contribution in [1.82, 2.24) is 5.32 Å². The summed E-state index contributed by atoms with van der Waals surface area (Å²) in [4.78, 5) is 11.3. The van der Waals surface area contributed by atoms with E-state index in [2.05, 4.69) is 19.2 Å². The van der Waals surface area contributed by atoms with Crippen LogP contribution in [-0.4, -0.2) is 35.4 Å². The fourth-order valence-corrected chi connectivity index (χ4v) is 2.91. The molecule has 18 heavy (non-hydrogen) atoms. The van der Waals surface area contributed by atoms with Gasteiger partial charge in [-0.15, -0.1) is 0 Å². The summed E-state index contributed by atoms with van der Waals surface area (Å²) in [5.41, 5.74) is 1.56. The first-order chi connectivity index (χ1) is 8.62. The van der Waals surface area contributed by atoms with E-state index in [9.17, 15) is 9.90 Å². The van der Waals surface area contributed by atoms with Gasteiger partial charge in [-0.05, 0) is 31.3 Å². The second-order valence-electron chi connectivity index (χ2n) is 5.16. The topological polar surface area (TPSA) is 68.5 Å². The number of carbonyl (C=O) groups is 1. The van der Waals surface area contributed by atoms with Crippen molar-refractivity contribution in [2.75, 3.05) is 0 Å². The maximum Gasteiger partial charge on any atom is 0.331 e. The summed E-state index contributed by atoms with van der Waals surface area (Å²) in [5.74, 6) is -0.780. The van der Waals surface area contributed by atoms with E-state index in [0.29, 0.717) is 24.1 Å². The first kappa shape index (κ1) is 13.6. The molecule has 1 saturated heterocycles. The number of fused-ring (bicyclic) bond motifs is 1. The minimum Gasteiger partial charge on any atom is -0.478 e. The smallest absolute Gasteiger partial charge is 0.331 e. The maximum absolute atomic E-state index is 11.3. The fourth-order valence-electron chi connectivity index (χ4n) is 2.91. The van der Waals surface area contributed by atoms with Crippen molar-refractivity contribution < 1.29 is 14.6 Å². The van der Waals surface area contributed by atoms with Crippen LogP contribution in [0.25, 0.3) is 0 Å². The van der Waals surface area contributed by atoms with Crippen LogP contribution in [0.15, 0.2) is 11.1 Å². The highest BCUT2D eigenvalue weighted by Crippen LogP contribution is 2.38. The van der Waals surface area contributed by atoms with Crippen molar-refractivity contribution in [1.29, 1.82) is 0 Å². The normalized spacial score (nSPS) is 30.6. The Kier molecular flexibility index (Phi) is 4.07. The van der Waals surface area contributed by atoms with Crippen LogP contribution in [0, 0.1) is 0 Å². The third-order valence-corrected chi connectivity index (χ3v) is 4.10. The standard InChI is InChI=1S/C14H23NO3/c1-4-8(5-2)18-13-9(6-3)10(14(16)17)7-11-12(13)15-11/h8,11-13,15H,4-7H2,1-3H3,(H,16,17)/t11-,12-,13-/m1/s1. The van der Waals surface area contributed by atoms with Gasteiger partial charge in [0, 0.05) is 11.6 Å². The highest BCUT2D eigenvalue weighted by Gasteiger charge is 2.50. The minimum atomic E-state index is -0.780. The van der Waals surface area contributed by atoms with Crippen molar-refractivity contribution >= 4 is 5.97 Å². The Bertz CT molecular complexity index is 360.